The first kappa shape index (κ1) is 20.2. The number of amides is 1. The van der Waals surface area contributed by atoms with Crippen LogP contribution in [0.25, 0.3) is 0 Å². The summed E-state index contributed by atoms with van der Waals surface area (Å²) in [4.78, 5) is 14.5. The third-order valence-corrected chi connectivity index (χ3v) is 6.69. The molecule has 8 heteroatoms. The average molecular weight is 404 g/mol. The molecule has 2 aromatic carbocycles. The number of carbonyl (C=O) groups excluding carboxylic acids is 1. The Morgan fingerprint density at radius 2 is 1.57 bits per heavy atom. The molecule has 0 saturated carbocycles. The molecule has 2 aromatic rings. The van der Waals surface area contributed by atoms with Crippen LogP contribution in [0.15, 0.2) is 53.4 Å². The topological polar surface area (TPSA) is 76.2 Å². The number of benzene rings is 2. The summed E-state index contributed by atoms with van der Waals surface area (Å²) in [6, 6.07) is 13.7. The second kappa shape index (κ2) is 8.62. The molecule has 1 saturated heterocycles. The minimum atomic E-state index is -3.58. The maximum Gasteiger partial charge on any atom is 0.243 e. The molecule has 1 amide bonds. The summed E-state index contributed by atoms with van der Waals surface area (Å²) >= 11 is 0. The fourth-order valence-electron chi connectivity index (χ4n) is 3.14. The zero-order valence-corrected chi connectivity index (χ0v) is 16.8. The van der Waals surface area contributed by atoms with Crippen molar-refractivity contribution in [3.05, 3.63) is 54.1 Å². The van der Waals surface area contributed by atoms with Gasteiger partial charge in [-0.05, 0) is 42.0 Å². The van der Waals surface area contributed by atoms with Crippen molar-refractivity contribution < 1.29 is 22.7 Å². The molecule has 0 unspecified atom stereocenters. The number of rotatable bonds is 6. The molecule has 1 fully saturated rings. The lowest BCUT2D eigenvalue weighted by Crippen LogP contribution is -2.50. The summed E-state index contributed by atoms with van der Waals surface area (Å²) in [6.45, 7) is 1.30. The third kappa shape index (κ3) is 4.45. The lowest BCUT2D eigenvalue weighted by molar-refractivity contribution is -0.131. The molecular formula is C20H24N2O5S. The smallest absolute Gasteiger partial charge is 0.243 e. The van der Waals surface area contributed by atoms with Crippen LogP contribution in [0.2, 0.25) is 0 Å². The molecule has 1 heterocycles. The first-order valence-electron chi connectivity index (χ1n) is 8.99. The molecule has 3 rings (SSSR count). The minimum absolute atomic E-state index is 0.0188. The van der Waals surface area contributed by atoms with E-state index in [1.807, 2.05) is 24.3 Å². The number of ether oxygens (including phenoxy) is 2. The normalized spacial score (nSPS) is 15.3. The van der Waals surface area contributed by atoms with Gasteiger partial charge in [0, 0.05) is 26.2 Å². The Kier molecular flexibility index (Phi) is 6.21. The molecule has 0 radical (unpaired) electrons. The van der Waals surface area contributed by atoms with E-state index in [1.165, 1.54) is 23.5 Å². The van der Waals surface area contributed by atoms with Gasteiger partial charge in [-0.2, -0.15) is 4.31 Å². The van der Waals surface area contributed by atoms with E-state index in [2.05, 4.69) is 0 Å². The first-order valence-corrected chi connectivity index (χ1v) is 10.4. The summed E-state index contributed by atoms with van der Waals surface area (Å²) in [5.74, 6) is 1.29. The van der Waals surface area contributed by atoms with E-state index >= 15 is 0 Å². The van der Waals surface area contributed by atoms with Gasteiger partial charge in [0.15, 0.2) is 0 Å². The van der Waals surface area contributed by atoms with Gasteiger partial charge in [0.1, 0.15) is 11.5 Å². The predicted octanol–water partition coefficient (Wildman–Crippen LogP) is 1.78. The number of carbonyl (C=O) groups is 1. The molecule has 28 heavy (non-hydrogen) atoms. The summed E-state index contributed by atoms with van der Waals surface area (Å²) in [7, 11) is -0.461. The van der Waals surface area contributed by atoms with Crippen molar-refractivity contribution >= 4 is 15.9 Å². The van der Waals surface area contributed by atoms with Gasteiger partial charge < -0.3 is 14.4 Å². The Labute approximate surface area is 165 Å². The highest BCUT2D eigenvalue weighted by Crippen LogP contribution is 2.21. The highest BCUT2D eigenvalue weighted by molar-refractivity contribution is 7.89. The van der Waals surface area contributed by atoms with E-state index < -0.39 is 10.0 Å². The largest absolute Gasteiger partial charge is 0.497 e. The van der Waals surface area contributed by atoms with Crippen molar-refractivity contribution in [3.63, 3.8) is 0 Å². The van der Waals surface area contributed by atoms with E-state index in [0.717, 1.165) is 5.56 Å². The Bertz CT molecular complexity index is 920. The molecule has 150 valence electrons. The zero-order chi connectivity index (χ0) is 20.1. The van der Waals surface area contributed by atoms with Gasteiger partial charge in [0.2, 0.25) is 15.9 Å². The van der Waals surface area contributed by atoms with E-state index in [1.54, 1.807) is 24.1 Å². The van der Waals surface area contributed by atoms with Crippen molar-refractivity contribution in [1.82, 2.24) is 9.21 Å². The Hall–Kier alpha value is -2.58. The number of hydrogen-bond acceptors (Lipinski definition) is 5. The Morgan fingerprint density at radius 3 is 2.18 bits per heavy atom. The molecule has 7 nitrogen and oxygen atoms in total. The molecule has 0 spiro atoms. The van der Waals surface area contributed by atoms with E-state index in [-0.39, 0.29) is 30.3 Å². The summed E-state index contributed by atoms with van der Waals surface area (Å²) in [5, 5.41) is 0. The van der Waals surface area contributed by atoms with Crippen LogP contribution in [0.4, 0.5) is 0 Å². The molecule has 0 bridgehead atoms. The second-order valence-corrected chi connectivity index (χ2v) is 8.43. The summed E-state index contributed by atoms with van der Waals surface area (Å²) in [6.07, 6.45) is 0.266. The van der Waals surface area contributed by atoms with Gasteiger partial charge in [-0.1, -0.05) is 12.1 Å². The van der Waals surface area contributed by atoms with Gasteiger partial charge in [-0.3, -0.25) is 4.79 Å². The highest BCUT2D eigenvalue weighted by Gasteiger charge is 2.30. The van der Waals surface area contributed by atoms with Crippen molar-refractivity contribution in [2.24, 2.45) is 0 Å². The van der Waals surface area contributed by atoms with Gasteiger partial charge in [-0.15, -0.1) is 0 Å². The van der Waals surface area contributed by atoms with Gasteiger partial charge in [-0.25, -0.2) is 8.42 Å². The maximum absolute atomic E-state index is 12.8. The monoisotopic (exact) mass is 404 g/mol. The average Bonchev–Trinajstić information content (AvgIpc) is 2.74. The van der Waals surface area contributed by atoms with Gasteiger partial charge in [0.25, 0.3) is 0 Å². The SMILES string of the molecule is COc1ccc(S(=O)(=O)N2CCN(C(=O)Cc3cccc(OC)c3)CC2)cc1. The fourth-order valence-corrected chi connectivity index (χ4v) is 4.57. The lowest BCUT2D eigenvalue weighted by Gasteiger charge is -2.34. The van der Waals surface area contributed by atoms with E-state index in [0.29, 0.717) is 24.6 Å². The van der Waals surface area contributed by atoms with Crippen LogP contribution in [-0.2, 0) is 21.2 Å². The van der Waals surface area contributed by atoms with Crippen LogP contribution in [0.5, 0.6) is 11.5 Å². The van der Waals surface area contributed by atoms with Crippen LogP contribution in [0.1, 0.15) is 5.56 Å². The molecule has 0 aliphatic carbocycles. The molecule has 0 atom stereocenters. The Balaban J connectivity index is 1.60. The molecule has 0 N–H and O–H groups in total. The quantitative estimate of drug-likeness (QED) is 0.734. The van der Waals surface area contributed by atoms with Crippen LogP contribution < -0.4 is 9.47 Å². The maximum atomic E-state index is 12.8. The molecule has 0 aromatic heterocycles. The number of piperazine rings is 1. The van der Waals surface area contributed by atoms with Gasteiger partial charge in [0.05, 0.1) is 25.5 Å². The number of nitrogens with zero attached hydrogens (tertiary/aromatic N) is 2. The van der Waals surface area contributed by atoms with Crippen molar-refractivity contribution in [2.45, 2.75) is 11.3 Å². The second-order valence-electron chi connectivity index (χ2n) is 6.49. The standard InChI is InChI=1S/C20H24N2O5S/c1-26-17-6-8-19(9-7-17)28(24,25)22-12-10-21(11-13-22)20(23)15-16-4-3-5-18(14-16)27-2/h3-9,14H,10-13,15H2,1-2H3. The van der Waals surface area contributed by atoms with Crippen molar-refractivity contribution in [2.75, 3.05) is 40.4 Å². The number of sulfonamides is 1. The minimum Gasteiger partial charge on any atom is -0.497 e. The number of hydrogen-bond donors (Lipinski definition) is 0. The van der Waals surface area contributed by atoms with Crippen LogP contribution in [0, 0.1) is 0 Å². The molecule has 1 aliphatic heterocycles. The van der Waals surface area contributed by atoms with Gasteiger partial charge >= 0.3 is 0 Å². The van der Waals surface area contributed by atoms with Crippen LogP contribution >= 0.6 is 0 Å². The first-order chi connectivity index (χ1) is 13.4. The van der Waals surface area contributed by atoms with Crippen molar-refractivity contribution in [3.8, 4) is 11.5 Å². The Morgan fingerprint density at radius 1 is 0.929 bits per heavy atom. The zero-order valence-electron chi connectivity index (χ0n) is 16.0. The van der Waals surface area contributed by atoms with Crippen molar-refractivity contribution in [1.29, 1.82) is 0 Å². The van der Waals surface area contributed by atoms with Crippen LogP contribution in [0.3, 0.4) is 0 Å². The third-order valence-electron chi connectivity index (χ3n) is 4.78. The summed E-state index contributed by atoms with van der Waals surface area (Å²) in [5.41, 5.74) is 0.873. The van der Waals surface area contributed by atoms with E-state index in [9.17, 15) is 13.2 Å². The number of methoxy groups -OCH3 is 2. The van der Waals surface area contributed by atoms with Crippen LogP contribution in [-0.4, -0.2) is 63.9 Å². The molecule has 1 aliphatic rings. The lowest BCUT2D eigenvalue weighted by atomic mass is 10.1. The fraction of sp³-hybridized carbons (Fsp3) is 0.350. The molecular weight excluding hydrogens is 380 g/mol. The van der Waals surface area contributed by atoms with E-state index in [4.69, 9.17) is 9.47 Å². The predicted molar refractivity (Wildman–Crippen MR) is 105 cm³/mol. The highest BCUT2D eigenvalue weighted by atomic mass is 32.2. The summed E-state index contributed by atoms with van der Waals surface area (Å²) < 4.78 is 37.3.